The first-order valence-corrected chi connectivity index (χ1v) is 4.90. The minimum atomic E-state index is 0.627. The highest BCUT2D eigenvalue weighted by atomic mass is 14.2. The number of rotatable bonds is 3. The molecule has 70 valence electrons. The molecular weight excluding hydrogens is 156 g/mol. The minimum absolute atomic E-state index is 0.627. The van der Waals surface area contributed by atoms with Gasteiger partial charge in [0.1, 0.15) is 0 Å². The van der Waals surface area contributed by atoms with Gasteiger partial charge in [-0.05, 0) is 29.4 Å². The first-order valence-electron chi connectivity index (χ1n) is 4.90. The molecule has 1 rings (SSSR count). The van der Waals surface area contributed by atoms with Gasteiger partial charge in [0.25, 0.3) is 0 Å². The third-order valence-corrected chi connectivity index (χ3v) is 2.73. The van der Waals surface area contributed by atoms with Crippen LogP contribution in [0.25, 0.3) is 0 Å². The van der Waals surface area contributed by atoms with Gasteiger partial charge in [-0.2, -0.15) is 0 Å². The van der Waals surface area contributed by atoms with Gasteiger partial charge in [-0.1, -0.05) is 51.3 Å². The zero-order valence-corrected chi connectivity index (χ0v) is 8.59. The van der Waals surface area contributed by atoms with Gasteiger partial charge >= 0.3 is 0 Å². The minimum Gasteiger partial charge on any atom is -0.0985 e. The quantitative estimate of drug-likeness (QED) is 0.569. The van der Waals surface area contributed by atoms with E-state index < -0.39 is 0 Å². The lowest BCUT2D eigenvalue weighted by Gasteiger charge is -2.21. The monoisotopic (exact) mass is 174 g/mol. The second kappa shape index (κ2) is 4.27. The fourth-order valence-electron chi connectivity index (χ4n) is 1.70. The molecule has 0 amide bonds. The molecule has 0 saturated heterocycles. The molecule has 0 spiro atoms. The average Bonchev–Trinajstić information content (AvgIpc) is 2.16. The van der Waals surface area contributed by atoms with Crippen molar-refractivity contribution in [3.8, 4) is 0 Å². The van der Waals surface area contributed by atoms with E-state index in [2.05, 4.69) is 45.2 Å². The van der Waals surface area contributed by atoms with E-state index in [4.69, 9.17) is 0 Å². The Morgan fingerprint density at radius 2 is 2.31 bits per heavy atom. The summed E-state index contributed by atoms with van der Waals surface area (Å²) in [5.41, 5.74) is 2.25. The normalized spacial score (nSPS) is 26.8. The molecule has 0 heteroatoms. The van der Waals surface area contributed by atoms with E-state index in [0.29, 0.717) is 11.8 Å². The average molecular weight is 174 g/mol. The zero-order valence-electron chi connectivity index (χ0n) is 8.59. The second-order valence-corrected chi connectivity index (χ2v) is 3.64. The van der Waals surface area contributed by atoms with Gasteiger partial charge in [-0.25, -0.2) is 0 Å². The maximum Gasteiger partial charge on any atom is -0.0172 e. The lowest BCUT2D eigenvalue weighted by molar-refractivity contribution is 0.490. The third-order valence-electron chi connectivity index (χ3n) is 2.73. The molecule has 2 unspecified atom stereocenters. The van der Waals surface area contributed by atoms with Crippen LogP contribution in [-0.2, 0) is 0 Å². The number of hydrogen-bond acceptors (Lipinski definition) is 0. The van der Waals surface area contributed by atoms with E-state index in [1.165, 1.54) is 12.0 Å². The fraction of sp³-hybridized carbons (Fsp3) is 0.385. The van der Waals surface area contributed by atoms with E-state index in [-0.39, 0.29) is 0 Å². The summed E-state index contributed by atoms with van der Waals surface area (Å²) >= 11 is 0. The molecule has 0 saturated carbocycles. The highest BCUT2D eigenvalue weighted by molar-refractivity contribution is 5.45. The molecule has 0 aromatic carbocycles. The van der Waals surface area contributed by atoms with Crippen molar-refractivity contribution >= 4 is 0 Å². The third kappa shape index (κ3) is 2.21. The predicted octanol–water partition coefficient (Wildman–Crippen LogP) is 3.89. The molecule has 13 heavy (non-hydrogen) atoms. The first kappa shape index (κ1) is 10.0. The molecule has 1 aliphatic rings. The summed E-state index contributed by atoms with van der Waals surface area (Å²) in [6.07, 6.45) is 9.77. The summed E-state index contributed by atoms with van der Waals surface area (Å²) in [5.74, 6) is 1.32. The van der Waals surface area contributed by atoms with Gasteiger partial charge in [-0.15, -0.1) is 0 Å². The van der Waals surface area contributed by atoms with Crippen LogP contribution < -0.4 is 0 Å². The predicted molar refractivity (Wildman–Crippen MR) is 59.5 cm³/mol. The van der Waals surface area contributed by atoms with Crippen molar-refractivity contribution in [2.75, 3.05) is 0 Å². The van der Waals surface area contributed by atoms with Crippen LogP contribution in [0.2, 0.25) is 0 Å². The molecule has 0 aromatic rings. The van der Waals surface area contributed by atoms with Crippen molar-refractivity contribution in [2.24, 2.45) is 11.8 Å². The molecule has 0 radical (unpaired) electrons. The van der Waals surface area contributed by atoms with Crippen molar-refractivity contribution in [3.63, 3.8) is 0 Å². The lowest BCUT2D eigenvalue weighted by atomic mass is 9.84. The van der Waals surface area contributed by atoms with Crippen LogP contribution in [0.1, 0.15) is 20.3 Å². The summed E-state index contributed by atoms with van der Waals surface area (Å²) in [4.78, 5) is 0. The molecule has 0 heterocycles. The van der Waals surface area contributed by atoms with Crippen LogP contribution in [-0.4, -0.2) is 0 Å². The Kier molecular flexibility index (Phi) is 3.30. The van der Waals surface area contributed by atoms with Gasteiger partial charge in [0.15, 0.2) is 0 Å². The van der Waals surface area contributed by atoms with Gasteiger partial charge in [0.05, 0.1) is 0 Å². The number of allylic oxidation sites excluding steroid dienone is 6. The van der Waals surface area contributed by atoms with Crippen molar-refractivity contribution < 1.29 is 0 Å². The van der Waals surface area contributed by atoms with Crippen molar-refractivity contribution in [3.05, 3.63) is 48.6 Å². The Balaban J connectivity index is 2.79. The van der Waals surface area contributed by atoms with Crippen LogP contribution in [0.4, 0.5) is 0 Å². The zero-order chi connectivity index (χ0) is 9.84. The Morgan fingerprint density at radius 1 is 1.62 bits per heavy atom. The SMILES string of the molecule is C=CC(=C)C1=CC(C)C(CC)C=C1. The standard InChI is InChI=1S/C13H18/c1-5-10(3)13-8-7-12(6-2)11(4)9-13/h5,7-9,11-12H,1,3,6H2,2,4H3. The Morgan fingerprint density at radius 3 is 2.77 bits per heavy atom. The molecule has 2 atom stereocenters. The van der Waals surface area contributed by atoms with Crippen molar-refractivity contribution in [2.45, 2.75) is 20.3 Å². The summed E-state index contributed by atoms with van der Waals surface area (Å²) in [6, 6.07) is 0. The Labute approximate surface area is 81.4 Å². The molecule has 0 aliphatic heterocycles. The van der Waals surface area contributed by atoms with Crippen molar-refractivity contribution in [1.29, 1.82) is 0 Å². The Bertz CT molecular complexity index is 266. The molecule has 0 nitrogen and oxygen atoms in total. The van der Waals surface area contributed by atoms with E-state index in [1.54, 1.807) is 0 Å². The molecule has 1 aliphatic carbocycles. The molecule has 0 bridgehead atoms. The lowest BCUT2D eigenvalue weighted by Crippen LogP contribution is -2.09. The van der Waals surface area contributed by atoms with Crippen LogP contribution >= 0.6 is 0 Å². The summed E-state index contributed by atoms with van der Waals surface area (Å²) in [6.45, 7) is 12.2. The highest BCUT2D eigenvalue weighted by Gasteiger charge is 2.14. The van der Waals surface area contributed by atoms with Gasteiger partial charge < -0.3 is 0 Å². The highest BCUT2D eigenvalue weighted by Crippen LogP contribution is 2.27. The fourth-order valence-corrected chi connectivity index (χ4v) is 1.70. The smallest absolute Gasteiger partial charge is 0.0172 e. The van der Waals surface area contributed by atoms with E-state index in [1.807, 2.05) is 6.08 Å². The van der Waals surface area contributed by atoms with Crippen LogP contribution in [0.5, 0.6) is 0 Å². The van der Waals surface area contributed by atoms with Gasteiger partial charge in [0, 0.05) is 0 Å². The maximum atomic E-state index is 3.94. The van der Waals surface area contributed by atoms with E-state index >= 15 is 0 Å². The van der Waals surface area contributed by atoms with Gasteiger partial charge in [-0.3, -0.25) is 0 Å². The molecular formula is C13H18. The van der Waals surface area contributed by atoms with Crippen LogP contribution in [0.3, 0.4) is 0 Å². The molecule has 0 fully saturated rings. The maximum absolute atomic E-state index is 3.94. The summed E-state index contributed by atoms with van der Waals surface area (Å²) in [5, 5.41) is 0. The second-order valence-electron chi connectivity index (χ2n) is 3.64. The van der Waals surface area contributed by atoms with Gasteiger partial charge in [0.2, 0.25) is 0 Å². The molecule has 0 aromatic heterocycles. The van der Waals surface area contributed by atoms with Crippen molar-refractivity contribution in [1.82, 2.24) is 0 Å². The van der Waals surface area contributed by atoms with Crippen LogP contribution in [0.15, 0.2) is 48.6 Å². The van der Waals surface area contributed by atoms with E-state index in [0.717, 1.165) is 5.57 Å². The summed E-state index contributed by atoms with van der Waals surface area (Å²) < 4.78 is 0. The topological polar surface area (TPSA) is 0 Å². The molecule has 0 N–H and O–H groups in total. The number of hydrogen-bond donors (Lipinski definition) is 0. The Hall–Kier alpha value is -1.04. The summed E-state index contributed by atoms with van der Waals surface area (Å²) in [7, 11) is 0. The van der Waals surface area contributed by atoms with E-state index in [9.17, 15) is 0 Å². The largest absolute Gasteiger partial charge is 0.0985 e. The first-order chi connectivity index (χ1) is 6.19. The van der Waals surface area contributed by atoms with Crippen LogP contribution in [0, 0.1) is 11.8 Å².